The van der Waals surface area contributed by atoms with Crippen LogP contribution in [0.25, 0.3) is 0 Å². The maximum atomic E-state index is 12.8. The van der Waals surface area contributed by atoms with Crippen molar-refractivity contribution in [3.05, 3.63) is 58.1 Å². The summed E-state index contributed by atoms with van der Waals surface area (Å²) in [6.07, 6.45) is 0. The highest BCUT2D eigenvalue weighted by molar-refractivity contribution is 7.89. The second-order valence-electron chi connectivity index (χ2n) is 6.59. The van der Waals surface area contributed by atoms with Gasteiger partial charge < -0.3 is 9.47 Å². The van der Waals surface area contributed by atoms with Gasteiger partial charge in [-0.05, 0) is 68.7 Å². The van der Waals surface area contributed by atoms with E-state index in [1.54, 1.807) is 31.4 Å². The minimum Gasteiger partial charge on any atom is -0.493 e. The van der Waals surface area contributed by atoms with Gasteiger partial charge in [-0.15, -0.1) is 0 Å². The lowest BCUT2D eigenvalue weighted by Gasteiger charge is -2.29. The van der Waals surface area contributed by atoms with Gasteiger partial charge in [0.2, 0.25) is 10.0 Å². The zero-order valence-electron chi connectivity index (χ0n) is 16.3. The van der Waals surface area contributed by atoms with Gasteiger partial charge >= 0.3 is 0 Å². The van der Waals surface area contributed by atoms with Crippen LogP contribution in [-0.2, 0) is 20.4 Å². The summed E-state index contributed by atoms with van der Waals surface area (Å²) in [6.45, 7) is 7.97. The van der Waals surface area contributed by atoms with E-state index in [1.165, 1.54) is 0 Å². The van der Waals surface area contributed by atoms with Crippen LogP contribution < -0.4 is 9.46 Å². The van der Waals surface area contributed by atoms with Gasteiger partial charge in [0.05, 0.1) is 11.5 Å². The zero-order chi connectivity index (χ0) is 20.2. The number of halogens is 1. The van der Waals surface area contributed by atoms with Crippen molar-refractivity contribution in [2.45, 2.75) is 38.2 Å². The molecule has 0 fully saturated rings. The third kappa shape index (κ3) is 5.02. The number of nitrogens with one attached hydrogen (secondary N) is 1. The number of sulfonamides is 1. The topological polar surface area (TPSA) is 64.6 Å². The minimum atomic E-state index is -3.72. The first kappa shape index (κ1) is 21.7. The van der Waals surface area contributed by atoms with E-state index >= 15 is 0 Å². The van der Waals surface area contributed by atoms with Gasteiger partial charge in [-0.25, -0.2) is 13.1 Å². The molecule has 0 saturated heterocycles. The third-order valence-corrected chi connectivity index (χ3v) is 6.13. The summed E-state index contributed by atoms with van der Waals surface area (Å²) < 4.78 is 39.5. The molecule has 2 aromatic carbocycles. The van der Waals surface area contributed by atoms with Gasteiger partial charge in [-0.2, -0.15) is 0 Å². The Bertz CT molecular complexity index is 891. The first-order valence-electron chi connectivity index (χ1n) is 8.68. The van der Waals surface area contributed by atoms with Crippen LogP contribution in [-0.4, -0.2) is 28.7 Å². The molecule has 0 amide bonds. The van der Waals surface area contributed by atoms with Crippen LogP contribution in [0.1, 0.15) is 30.5 Å². The van der Waals surface area contributed by atoms with E-state index in [0.717, 1.165) is 22.4 Å². The Balaban J connectivity index is 2.28. The predicted octanol–water partition coefficient (Wildman–Crippen LogP) is 4.20. The lowest BCUT2D eigenvalue weighted by atomic mass is 9.96. The zero-order valence-corrected chi connectivity index (χ0v) is 17.9. The Kier molecular flexibility index (Phi) is 6.92. The second-order valence-corrected chi connectivity index (χ2v) is 8.79. The molecular weight excluding hydrogens is 386 g/mol. The quantitative estimate of drug-likeness (QED) is 0.707. The Labute approximate surface area is 166 Å². The summed E-state index contributed by atoms with van der Waals surface area (Å²) in [4.78, 5) is 0.200. The molecule has 0 spiro atoms. The van der Waals surface area contributed by atoms with Gasteiger partial charge in [0.1, 0.15) is 11.4 Å². The highest BCUT2D eigenvalue weighted by Crippen LogP contribution is 2.29. The Morgan fingerprint density at radius 1 is 1.15 bits per heavy atom. The number of aryl methyl sites for hydroxylation is 2. The summed E-state index contributed by atoms with van der Waals surface area (Å²) in [5.74, 6) is 0.720. The molecule has 0 aliphatic rings. The molecule has 0 aliphatic heterocycles. The summed E-state index contributed by atoms with van der Waals surface area (Å²) >= 11 is 6.06. The average molecular weight is 412 g/mol. The average Bonchev–Trinajstić information content (AvgIpc) is 2.62. The number of hydrogen-bond donors (Lipinski definition) is 1. The molecule has 0 bridgehead atoms. The van der Waals surface area contributed by atoms with Gasteiger partial charge in [0, 0.05) is 18.7 Å². The molecule has 148 valence electrons. The fourth-order valence-corrected chi connectivity index (χ4v) is 4.35. The van der Waals surface area contributed by atoms with Crippen molar-refractivity contribution in [3.63, 3.8) is 0 Å². The van der Waals surface area contributed by atoms with E-state index in [-0.39, 0.29) is 11.4 Å². The van der Waals surface area contributed by atoms with Gasteiger partial charge in [0.15, 0.2) is 0 Å². The molecular formula is C20H26ClNO4S. The van der Waals surface area contributed by atoms with Crippen molar-refractivity contribution in [2.24, 2.45) is 0 Å². The maximum Gasteiger partial charge on any atom is 0.240 e. The van der Waals surface area contributed by atoms with Crippen molar-refractivity contribution in [1.82, 2.24) is 4.72 Å². The smallest absolute Gasteiger partial charge is 0.240 e. The number of methoxy groups -OCH3 is 1. The van der Waals surface area contributed by atoms with Crippen molar-refractivity contribution in [3.8, 4) is 5.75 Å². The Morgan fingerprint density at radius 3 is 2.30 bits per heavy atom. The van der Waals surface area contributed by atoms with Crippen LogP contribution in [0, 0.1) is 13.8 Å². The van der Waals surface area contributed by atoms with Gasteiger partial charge in [0.25, 0.3) is 0 Å². The largest absolute Gasteiger partial charge is 0.493 e. The predicted molar refractivity (Wildman–Crippen MR) is 108 cm³/mol. The van der Waals surface area contributed by atoms with Crippen molar-refractivity contribution >= 4 is 21.6 Å². The highest BCUT2D eigenvalue weighted by atomic mass is 35.5. The molecule has 27 heavy (non-hydrogen) atoms. The van der Waals surface area contributed by atoms with E-state index in [2.05, 4.69) is 4.72 Å². The first-order chi connectivity index (χ1) is 12.6. The Hall–Kier alpha value is -1.60. The SMILES string of the molecule is CCOc1c(C)cc(S(=O)(=O)NCC(C)(OC)c2cccc(Cl)c2)cc1C. The summed E-state index contributed by atoms with van der Waals surface area (Å²) in [5, 5.41) is 0.566. The van der Waals surface area contributed by atoms with E-state index < -0.39 is 15.6 Å². The summed E-state index contributed by atoms with van der Waals surface area (Å²) in [6, 6.07) is 10.4. The van der Waals surface area contributed by atoms with Crippen LogP contribution in [0.15, 0.2) is 41.3 Å². The molecule has 2 rings (SSSR count). The van der Waals surface area contributed by atoms with Crippen LogP contribution >= 0.6 is 11.6 Å². The third-order valence-electron chi connectivity index (χ3n) is 4.52. The fourth-order valence-electron chi connectivity index (χ4n) is 2.86. The van der Waals surface area contributed by atoms with E-state index in [1.807, 2.05) is 39.8 Å². The van der Waals surface area contributed by atoms with Gasteiger partial charge in [-0.3, -0.25) is 0 Å². The molecule has 1 N–H and O–H groups in total. The molecule has 0 radical (unpaired) electrons. The molecule has 0 aliphatic carbocycles. The van der Waals surface area contributed by atoms with Gasteiger partial charge in [-0.1, -0.05) is 23.7 Å². The summed E-state index contributed by atoms with van der Waals surface area (Å²) in [7, 11) is -2.17. The monoisotopic (exact) mass is 411 g/mol. The van der Waals surface area contributed by atoms with Crippen molar-refractivity contribution in [1.29, 1.82) is 0 Å². The lowest BCUT2D eigenvalue weighted by Crippen LogP contribution is -2.40. The first-order valence-corrected chi connectivity index (χ1v) is 10.5. The highest BCUT2D eigenvalue weighted by Gasteiger charge is 2.29. The molecule has 0 saturated carbocycles. The number of benzene rings is 2. The second kappa shape index (κ2) is 8.61. The Morgan fingerprint density at radius 2 is 1.78 bits per heavy atom. The van der Waals surface area contributed by atoms with Crippen molar-refractivity contribution in [2.75, 3.05) is 20.3 Å². The van der Waals surface area contributed by atoms with Crippen molar-refractivity contribution < 1.29 is 17.9 Å². The minimum absolute atomic E-state index is 0.0669. The van der Waals surface area contributed by atoms with Crippen LogP contribution in [0.5, 0.6) is 5.75 Å². The number of hydrogen-bond acceptors (Lipinski definition) is 4. The molecule has 2 aromatic rings. The standard InChI is InChI=1S/C20H26ClNO4S/c1-6-26-19-14(2)10-18(11-15(19)3)27(23,24)22-13-20(4,25-5)16-8-7-9-17(21)12-16/h7-12,22H,6,13H2,1-5H3. The normalized spacial score (nSPS) is 14.0. The van der Waals surface area contributed by atoms with E-state index in [0.29, 0.717) is 11.6 Å². The van der Waals surface area contributed by atoms with E-state index in [9.17, 15) is 8.42 Å². The summed E-state index contributed by atoms with van der Waals surface area (Å²) in [5.41, 5.74) is 1.50. The van der Waals surface area contributed by atoms with E-state index in [4.69, 9.17) is 21.1 Å². The number of rotatable bonds is 8. The van der Waals surface area contributed by atoms with Crippen LogP contribution in [0.2, 0.25) is 5.02 Å². The van der Waals surface area contributed by atoms with Crippen LogP contribution in [0.3, 0.4) is 0 Å². The fraction of sp³-hybridized carbons (Fsp3) is 0.400. The van der Waals surface area contributed by atoms with Crippen LogP contribution in [0.4, 0.5) is 0 Å². The molecule has 0 aromatic heterocycles. The molecule has 0 heterocycles. The molecule has 1 atom stereocenters. The lowest BCUT2D eigenvalue weighted by molar-refractivity contribution is 0.00699. The molecule has 5 nitrogen and oxygen atoms in total. The molecule has 1 unspecified atom stereocenters. The molecule has 7 heteroatoms. The number of ether oxygens (including phenoxy) is 2. The maximum absolute atomic E-state index is 12.8.